The summed E-state index contributed by atoms with van der Waals surface area (Å²) in [5.74, 6) is 2.16. The van der Waals surface area contributed by atoms with Gasteiger partial charge in [-0.3, -0.25) is 0 Å². The van der Waals surface area contributed by atoms with Crippen molar-refractivity contribution in [2.24, 2.45) is 0 Å². The molecule has 0 spiro atoms. The van der Waals surface area contributed by atoms with E-state index in [1.54, 1.807) is 13.3 Å². The number of aromatic nitrogens is 4. The van der Waals surface area contributed by atoms with Crippen LogP contribution >= 0.6 is 0 Å². The van der Waals surface area contributed by atoms with Crippen molar-refractivity contribution in [3.8, 4) is 28.4 Å². The van der Waals surface area contributed by atoms with Crippen molar-refractivity contribution in [1.82, 2.24) is 19.7 Å². The van der Waals surface area contributed by atoms with Crippen LogP contribution in [0.25, 0.3) is 16.9 Å². The van der Waals surface area contributed by atoms with Crippen LogP contribution in [-0.2, 0) is 0 Å². The lowest BCUT2D eigenvalue weighted by Crippen LogP contribution is -1.98. The quantitative estimate of drug-likeness (QED) is 0.480. The van der Waals surface area contributed by atoms with Gasteiger partial charge in [-0.15, -0.1) is 0 Å². The summed E-state index contributed by atoms with van der Waals surface area (Å²) in [6.45, 7) is 4.57. The molecule has 0 bridgehead atoms. The Kier molecular flexibility index (Phi) is 5.61. The maximum atomic E-state index is 5.48. The predicted molar refractivity (Wildman–Crippen MR) is 117 cm³/mol. The maximum Gasteiger partial charge on any atom is 0.227 e. The number of nitrogens with zero attached hydrogens (tertiary/aromatic N) is 4. The predicted octanol–water partition coefficient (Wildman–Crippen LogP) is 4.79. The minimum atomic E-state index is 0.522. The molecular weight excluding hydrogens is 378 g/mol. The molecule has 1 N–H and O–H groups in total. The van der Waals surface area contributed by atoms with E-state index in [0.29, 0.717) is 12.6 Å². The number of aryl methyl sites for hydroxylation is 1. The Balaban J connectivity index is 1.56. The Morgan fingerprint density at radius 3 is 2.40 bits per heavy atom. The van der Waals surface area contributed by atoms with E-state index < -0.39 is 0 Å². The standard InChI is InChI=1S/C23H23N5O2/c1-4-30-20-9-5-17(6-10-20)25-23-24-14-13-22(26-23)21-15-28(27-16(21)2)18-7-11-19(29-3)12-8-18/h5-15H,4H2,1-3H3,(H,24,25,26). The highest BCUT2D eigenvalue weighted by molar-refractivity contribution is 5.64. The summed E-state index contributed by atoms with van der Waals surface area (Å²) < 4.78 is 12.5. The van der Waals surface area contributed by atoms with E-state index in [4.69, 9.17) is 9.47 Å². The maximum absolute atomic E-state index is 5.48. The molecule has 0 atom stereocenters. The highest BCUT2D eigenvalue weighted by Crippen LogP contribution is 2.25. The Labute approximate surface area is 175 Å². The molecule has 0 amide bonds. The number of methoxy groups -OCH3 is 1. The first-order valence-electron chi connectivity index (χ1n) is 9.70. The van der Waals surface area contributed by atoms with E-state index >= 15 is 0 Å². The molecule has 7 heteroatoms. The number of benzene rings is 2. The molecule has 2 heterocycles. The van der Waals surface area contributed by atoms with Gasteiger partial charge in [0.25, 0.3) is 0 Å². The summed E-state index contributed by atoms with van der Waals surface area (Å²) in [7, 11) is 1.65. The third-order valence-corrected chi connectivity index (χ3v) is 4.59. The van der Waals surface area contributed by atoms with Gasteiger partial charge < -0.3 is 14.8 Å². The second kappa shape index (κ2) is 8.65. The van der Waals surface area contributed by atoms with E-state index in [1.807, 2.05) is 79.3 Å². The van der Waals surface area contributed by atoms with Crippen LogP contribution in [0.4, 0.5) is 11.6 Å². The molecule has 0 aliphatic heterocycles. The highest BCUT2D eigenvalue weighted by Gasteiger charge is 2.11. The van der Waals surface area contributed by atoms with E-state index in [0.717, 1.165) is 39.8 Å². The van der Waals surface area contributed by atoms with Crippen LogP contribution in [0.15, 0.2) is 67.0 Å². The zero-order valence-electron chi connectivity index (χ0n) is 17.2. The normalized spacial score (nSPS) is 10.6. The van der Waals surface area contributed by atoms with Gasteiger partial charge in [-0.1, -0.05) is 0 Å². The molecule has 0 fully saturated rings. The van der Waals surface area contributed by atoms with Crippen LogP contribution in [0, 0.1) is 6.92 Å². The first-order valence-corrected chi connectivity index (χ1v) is 9.70. The molecule has 2 aromatic carbocycles. The van der Waals surface area contributed by atoms with Gasteiger partial charge >= 0.3 is 0 Å². The number of hydrogen-bond donors (Lipinski definition) is 1. The molecule has 7 nitrogen and oxygen atoms in total. The third kappa shape index (κ3) is 4.25. The summed E-state index contributed by atoms with van der Waals surface area (Å²) in [5.41, 5.74) is 4.48. The SMILES string of the molecule is CCOc1ccc(Nc2nccc(-c3cn(-c4ccc(OC)cc4)nc3C)n2)cc1. The lowest BCUT2D eigenvalue weighted by molar-refractivity contribution is 0.340. The second-order valence-corrected chi connectivity index (χ2v) is 6.62. The van der Waals surface area contributed by atoms with Crippen molar-refractivity contribution >= 4 is 11.6 Å². The number of ether oxygens (including phenoxy) is 2. The molecule has 4 aromatic rings. The zero-order valence-corrected chi connectivity index (χ0v) is 17.2. The Bertz CT molecular complexity index is 1120. The lowest BCUT2D eigenvalue weighted by Gasteiger charge is -2.07. The molecule has 2 aromatic heterocycles. The van der Waals surface area contributed by atoms with Crippen molar-refractivity contribution < 1.29 is 9.47 Å². The average Bonchev–Trinajstić information content (AvgIpc) is 3.17. The number of rotatable bonds is 7. The molecule has 0 unspecified atom stereocenters. The zero-order chi connectivity index (χ0) is 20.9. The van der Waals surface area contributed by atoms with Crippen LogP contribution in [0.2, 0.25) is 0 Å². The Hall–Kier alpha value is -3.87. The number of nitrogens with one attached hydrogen (secondary N) is 1. The molecular formula is C23H23N5O2. The molecule has 152 valence electrons. The van der Waals surface area contributed by atoms with Crippen molar-refractivity contribution in [1.29, 1.82) is 0 Å². The van der Waals surface area contributed by atoms with Gasteiger partial charge in [0.15, 0.2) is 0 Å². The van der Waals surface area contributed by atoms with Crippen LogP contribution in [0.5, 0.6) is 11.5 Å². The molecule has 0 saturated carbocycles. The van der Waals surface area contributed by atoms with Crippen LogP contribution < -0.4 is 14.8 Å². The fourth-order valence-corrected chi connectivity index (χ4v) is 3.08. The first-order chi connectivity index (χ1) is 14.7. The van der Waals surface area contributed by atoms with E-state index in [2.05, 4.69) is 20.4 Å². The first kappa shape index (κ1) is 19.4. The summed E-state index contributed by atoms with van der Waals surface area (Å²) in [6.07, 6.45) is 3.71. The summed E-state index contributed by atoms with van der Waals surface area (Å²) in [4.78, 5) is 9.00. The number of anilines is 2. The van der Waals surface area contributed by atoms with Crippen LogP contribution in [0.3, 0.4) is 0 Å². The van der Waals surface area contributed by atoms with E-state index in [9.17, 15) is 0 Å². The summed E-state index contributed by atoms with van der Waals surface area (Å²) >= 11 is 0. The van der Waals surface area contributed by atoms with Gasteiger partial charge in [-0.25, -0.2) is 14.6 Å². The van der Waals surface area contributed by atoms with Crippen molar-refractivity contribution in [3.05, 3.63) is 72.7 Å². The summed E-state index contributed by atoms with van der Waals surface area (Å²) in [6, 6.07) is 17.3. The molecule has 30 heavy (non-hydrogen) atoms. The molecule has 0 radical (unpaired) electrons. The van der Waals surface area contributed by atoms with Gasteiger partial charge in [-0.05, 0) is 68.4 Å². The largest absolute Gasteiger partial charge is 0.497 e. The lowest BCUT2D eigenvalue weighted by atomic mass is 10.2. The topological polar surface area (TPSA) is 74.1 Å². The molecule has 0 saturated heterocycles. The van der Waals surface area contributed by atoms with Crippen LogP contribution in [-0.4, -0.2) is 33.5 Å². The van der Waals surface area contributed by atoms with E-state index in [1.165, 1.54) is 0 Å². The monoisotopic (exact) mass is 401 g/mol. The molecule has 4 rings (SSSR count). The van der Waals surface area contributed by atoms with Gasteiger partial charge in [0.1, 0.15) is 11.5 Å². The van der Waals surface area contributed by atoms with Crippen molar-refractivity contribution in [2.75, 3.05) is 19.0 Å². The minimum absolute atomic E-state index is 0.522. The van der Waals surface area contributed by atoms with Gasteiger partial charge in [-0.2, -0.15) is 5.10 Å². The highest BCUT2D eigenvalue weighted by atomic mass is 16.5. The van der Waals surface area contributed by atoms with E-state index in [-0.39, 0.29) is 0 Å². The van der Waals surface area contributed by atoms with Crippen molar-refractivity contribution in [2.45, 2.75) is 13.8 Å². The second-order valence-electron chi connectivity index (χ2n) is 6.62. The molecule has 0 aliphatic carbocycles. The Morgan fingerprint density at radius 2 is 1.70 bits per heavy atom. The fraction of sp³-hybridized carbons (Fsp3) is 0.174. The average molecular weight is 401 g/mol. The molecule has 0 aliphatic rings. The van der Waals surface area contributed by atoms with Gasteiger partial charge in [0, 0.05) is 23.6 Å². The van der Waals surface area contributed by atoms with Crippen molar-refractivity contribution in [3.63, 3.8) is 0 Å². The smallest absolute Gasteiger partial charge is 0.227 e. The van der Waals surface area contributed by atoms with Gasteiger partial charge in [0.05, 0.1) is 30.8 Å². The van der Waals surface area contributed by atoms with Crippen LogP contribution in [0.1, 0.15) is 12.6 Å². The minimum Gasteiger partial charge on any atom is -0.497 e. The fourth-order valence-electron chi connectivity index (χ4n) is 3.08. The number of hydrogen-bond acceptors (Lipinski definition) is 6. The third-order valence-electron chi connectivity index (χ3n) is 4.59. The van der Waals surface area contributed by atoms with Gasteiger partial charge in [0.2, 0.25) is 5.95 Å². The summed E-state index contributed by atoms with van der Waals surface area (Å²) in [5, 5.41) is 7.87. The Morgan fingerprint density at radius 1 is 0.967 bits per heavy atom.